The van der Waals surface area contributed by atoms with Crippen molar-refractivity contribution < 1.29 is 4.74 Å². The number of aliphatic imine (C=N–C) groups is 1. The van der Waals surface area contributed by atoms with Gasteiger partial charge in [0.1, 0.15) is 5.75 Å². The molecular weight excluding hydrogens is 296 g/mol. The molecule has 22 heavy (non-hydrogen) atoms. The van der Waals surface area contributed by atoms with Crippen LogP contribution in [0.5, 0.6) is 5.75 Å². The van der Waals surface area contributed by atoms with Gasteiger partial charge in [-0.15, -0.1) is 0 Å². The van der Waals surface area contributed by atoms with Gasteiger partial charge in [0.15, 0.2) is 0 Å². The van der Waals surface area contributed by atoms with Crippen molar-refractivity contribution in [3.05, 3.63) is 77.6 Å². The largest absolute Gasteiger partial charge is 0.497 e. The lowest BCUT2D eigenvalue weighted by atomic mass is 10.3. The Morgan fingerprint density at radius 1 is 1.00 bits per heavy atom. The summed E-state index contributed by atoms with van der Waals surface area (Å²) < 4.78 is 7.21. The zero-order valence-corrected chi connectivity index (χ0v) is 12.9. The molecule has 0 bridgehead atoms. The van der Waals surface area contributed by atoms with Crippen LogP contribution in [0.1, 0.15) is 5.56 Å². The number of halogens is 1. The molecule has 0 aliphatic heterocycles. The van der Waals surface area contributed by atoms with Crippen LogP contribution in [-0.4, -0.2) is 17.9 Å². The first-order valence-electron chi connectivity index (χ1n) is 6.87. The van der Waals surface area contributed by atoms with Crippen LogP contribution < -0.4 is 4.74 Å². The number of rotatable bonds is 4. The summed E-state index contributed by atoms with van der Waals surface area (Å²) in [6, 6.07) is 17.4. The number of benzene rings is 2. The van der Waals surface area contributed by atoms with Gasteiger partial charge in [-0.2, -0.15) is 0 Å². The van der Waals surface area contributed by atoms with E-state index >= 15 is 0 Å². The molecule has 0 saturated heterocycles. The molecule has 0 aliphatic rings. The summed E-state index contributed by atoms with van der Waals surface area (Å²) in [6.07, 6.45) is 5.87. The van der Waals surface area contributed by atoms with Gasteiger partial charge in [0.25, 0.3) is 0 Å². The molecule has 0 atom stereocenters. The fourth-order valence-corrected chi connectivity index (χ4v) is 2.21. The predicted octanol–water partition coefficient (Wildman–Crippen LogP) is 4.89. The summed E-state index contributed by atoms with van der Waals surface area (Å²) in [5, 5.41) is 0.713. The van der Waals surface area contributed by atoms with E-state index in [2.05, 4.69) is 4.99 Å². The Morgan fingerprint density at radius 3 is 2.41 bits per heavy atom. The second kappa shape index (κ2) is 6.50. The Labute approximate surface area is 134 Å². The molecule has 0 fully saturated rings. The zero-order valence-electron chi connectivity index (χ0n) is 12.1. The molecule has 3 aromatic rings. The molecular formula is C18H15ClN2O. The first-order chi connectivity index (χ1) is 10.7. The van der Waals surface area contributed by atoms with Gasteiger partial charge >= 0.3 is 0 Å². The molecule has 1 heterocycles. The smallest absolute Gasteiger partial charge is 0.119 e. The summed E-state index contributed by atoms with van der Waals surface area (Å²) in [7, 11) is 1.66. The Hall–Kier alpha value is -2.52. The van der Waals surface area contributed by atoms with E-state index in [0.717, 1.165) is 22.7 Å². The topological polar surface area (TPSA) is 26.5 Å². The molecule has 2 aromatic carbocycles. The minimum Gasteiger partial charge on any atom is -0.497 e. The van der Waals surface area contributed by atoms with Crippen LogP contribution in [-0.2, 0) is 0 Å². The lowest BCUT2D eigenvalue weighted by molar-refractivity contribution is 0.415. The highest BCUT2D eigenvalue weighted by Crippen LogP contribution is 2.18. The number of hydrogen-bond acceptors (Lipinski definition) is 2. The van der Waals surface area contributed by atoms with E-state index in [1.807, 2.05) is 77.8 Å². The summed E-state index contributed by atoms with van der Waals surface area (Å²) in [5.74, 6) is 0.848. The minimum absolute atomic E-state index is 0.713. The van der Waals surface area contributed by atoms with Gasteiger partial charge in [-0.3, -0.25) is 4.99 Å². The Morgan fingerprint density at radius 2 is 1.73 bits per heavy atom. The molecule has 0 N–H and O–H groups in total. The highest BCUT2D eigenvalue weighted by atomic mass is 35.5. The van der Waals surface area contributed by atoms with E-state index in [0.29, 0.717) is 5.02 Å². The van der Waals surface area contributed by atoms with Crippen molar-refractivity contribution in [1.29, 1.82) is 0 Å². The van der Waals surface area contributed by atoms with Gasteiger partial charge in [-0.25, -0.2) is 0 Å². The second-order valence-corrected chi connectivity index (χ2v) is 5.22. The average Bonchev–Trinajstić information content (AvgIpc) is 3.03. The van der Waals surface area contributed by atoms with E-state index in [1.165, 1.54) is 0 Å². The maximum atomic E-state index is 5.86. The SMILES string of the molecule is COc1ccc(-n2ccc(C=Nc3ccc(Cl)cc3)c2)cc1. The van der Waals surface area contributed by atoms with E-state index in [-0.39, 0.29) is 0 Å². The first-order valence-corrected chi connectivity index (χ1v) is 7.24. The third-order valence-electron chi connectivity index (χ3n) is 3.28. The van der Waals surface area contributed by atoms with Crippen molar-refractivity contribution in [2.45, 2.75) is 0 Å². The quantitative estimate of drug-likeness (QED) is 0.630. The summed E-state index contributed by atoms with van der Waals surface area (Å²) >= 11 is 5.86. The van der Waals surface area contributed by atoms with Crippen molar-refractivity contribution in [3.8, 4) is 11.4 Å². The fourth-order valence-electron chi connectivity index (χ4n) is 2.08. The Kier molecular flexibility index (Phi) is 4.26. The van der Waals surface area contributed by atoms with E-state index in [4.69, 9.17) is 16.3 Å². The molecule has 0 aliphatic carbocycles. The zero-order chi connectivity index (χ0) is 15.4. The van der Waals surface area contributed by atoms with Crippen LogP contribution >= 0.6 is 11.6 Å². The standard InChI is InChI=1S/C18H15ClN2O/c1-22-18-8-6-17(7-9-18)21-11-10-14(13-21)12-20-16-4-2-15(19)3-5-16/h2-13H,1H3. The highest BCUT2D eigenvalue weighted by molar-refractivity contribution is 6.30. The van der Waals surface area contributed by atoms with Gasteiger partial charge in [0.2, 0.25) is 0 Å². The summed E-state index contributed by atoms with van der Waals surface area (Å²) in [5.41, 5.74) is 2.99. The summed E-state index contributed by atoms with van der Waals surface area (Å²) in [4.78, 5) is 4.44. The van der Waals surface area contributed by atoms with Crippen LogP contribution in [0.3, 0.4) is 0 Å². The molecule has 3 rings (SSSR count). The van der Waals surface area contributed by atoms with E-state index in [1.54, 1.807) is 7.11 Å². The Balaban J connectivity index is 1.76. The molecule has 110 valence electrons. The van der Waals surface area contributed by atoms with Crippen molar-refractivity contribution >= 4 is 23.5 Å². The van der Waals surface area contributed by atoms with Crippen LogP contribution in [0.4, 0.5) is 5.69 Å². The molecule has 0 spiro atoms. The van der Waals surface area contributed by atoms with Crippen molar-refractivity contribution in [3.63, 3.8) is 0 Å². The number of ether oxygens (including phenoxy) is 1. The van der Waals surface area contributed by atoms with Crippen molar-refractivity contribution in [1.82, 2.24) is 4.57 Å². The maximum Gasteiger partial charge on any atom is 0.119 e. The number of methoxy groups -OCH3 is 1. The molecule has 4 heteroatoms. The minimum atomic E-state index is 0.713. The predicted molar refractivity (Wildman–Crippen MR) is 91.0 cm³/mol. The number of aromatic nitrogens is 1. The van der Waals surface area contributed by atoms with Crippen LogP contribution in [0.15, 0.2) is 72.0 Å². The monoisotopic (exact) mass is 310 g/mol. The van der Waals surface area contributed by atoms with E-state index in [9.17, 15) is 0 Å². The third-order valence-corrected chi connectivity index (χ3v) is 3.53. The van der Waals surface area contributed by atoms with Gasteiger partial charge in [-0.05, 0) is 54.6 Å². The molecule has 0 amide bonds. The summed E-state index contributed by atoms with van der Waals surface area (Å²) in [6.45, 7) is 0. The van der Waals surface area contributed by atoms with E-state index < -0.39 is 0 Å². The van der Waals surface area contributed by atoms with Gasteiger partial charge < -0.3 is 9.30 Å². The molecule has 0 radical (unpaired) electrons. The van der Waals surface area contributed by atoms with Crippen LogP contribution in [0.2, 0.25) is 5.02 Å². The molecule has 3 nitrogen and oxygen atoms in total. The molecule has 0 saturated carbocycles. The van der Waals surface area contributed by atoms with Crippen LogP contribution in [0.25, 0.3) is 5.69 Å². The van der Waals surface area contributed by atoms with Gasteiger partial charge in [-0.1, -0.05) is 11.6 Å². The lowest BCUT2D eigenvalue weighted by Gasteiger charge is -2.04. The molecule has 0 unspecified atom stereocenters. The fraction of sp³-hybridized carbons (Fsp3) is 0.0556. The number of nitrogens with zero attached hydrogens (tertiary/aromatic N) is 2. The normalized spacial score (nSPS) is 11.0. The van der Waals surface area contributed by atoms with Crippen LogP contribution in [0, 0.1) is 0 Å². The average molecular weight is 311 g/mol. The van der Waals surface area contributed by atoms with Crippen molar-refractivity contribution in [2.24, 2.45) is 4.99 Å². The number of hydrogen-bond donors (Lipinski definition) is 0. The third kappa shape index (κ3) is 3.38. The second-order valence-electron chi connectivity index (χ2n) is 4.78. The maximum absolute atomic E-state index is 5.86. The van der Waals surface area contributed by atoms with Gasteiger partial charge in [0, 0.05) is 34.9 Å². The van der Waals surface area contributed by atoms with Gasteiger partial charge in [0.05, 0.1) is 12.8 Å². The lowest BCUT2D eigenvalue weighted by Crippen LogP contribution is -1.90. The highest BCUT2D eigenvalue weighted by Gasteiger charge is 1.98. The van der Waals surface area contributed by atoms with Crippen molar-refractivity contribution in [2.75, 3.05) is 7.11 Å². The molecule has 1 aromatic heterocycles. The Bertz CT molecular complexity index is 774. The first kappa shape index (κ1) is 14.4.